The van der Waals surface area contributed by atoms with Crippen molar-refractivity contribution in [2.75, 3.05) is 20.7 Å². The predicted octanol–water partition coefficient (Wildman–Crippen LogP) is 2.28. The fourth-order valence-corrected chi connectivity index (χ4v) is 2.04. The van der Waals surface area contributed by atoms with Crippen LogP contribution in [0.1, 0.15) is 5.56 Å². The molecule has 1 heterocycles. The van der Waals surface area contributed by atoms with Gasteiger partial charge in [-0.2, -0.15) is 0 Å². The number of nitrogens with zero attached hydrogens (tertiary/aromatic N) is 2. The topological polar surface area (TPSA) is 32.8 Å². The molecule has 104 valence electrons. The third kappa shape index (κ3) is 2.72. The quantitative estimate of drug-likeness (QED) is 0.483. The number of carbonyl (C=O) groups excluding carboxylic acids is 1. The third-order valence-electron chi connectivity index (χ3n) is 3.01. The zero-order valence-electron chi connectivity index (χ0n) is 11.5. The second-order valence-corrected chi connectivity index (χ2v) is 4.77. The van der Waals surface area contributed by atoms with E-state index in [2.05, 4.69) is 6.58 Å². The van der Waals surface area contributed by atoms with E-state index in [0.717, 1.165) is 11.3 Å². The minimum Gasteiger partial charge on any atom is -0.490 e. The summed E-state index contributed by atoms with van der Waals surface area (Å²) in [7, 11) is 3.46. The van der Waals surface area contributed by atoms with Crippen molar-refractivity contribution in [3.63, 3.8) is 0 Å². The molecule has 1 saturated heterocycles. The second-order valence-electron chi connectivity index (χ2n) is 4.40. The summed E-state index contributed by atoms with van der Waals surface area (Å²) < 4.78 is 5.41. The Morgan fingerprint density at radius 1 is 1.25 bits per heavy atom. The lowest BCUT2D eigenvalue weighted by atomic mass is 10.2. The van der Waals surface area contributed by atoms with Crippen molar-refractivity contribution in [2.45, 2.75) is 0 Å². The van der Waals surface area contributed by atoms with Crippen LogP contribution in [0.2, 0.25) is 0 Å². The summed E-state index contributed by atoms with van der Waals surface area (Å²) >= 11 is 5.16. The van der Waals surface area contributed by atoms with Crippen molar-refractivity contribution in [3.8, 4) is 5.75 Å². The molecule has 0 saturated carbocycles. The van der Waals surface area contributed by atoms with Gasteiger partial charge in [0.05, 0.1) is 0 Å². The van der Waals surface area contributed by atoms with Crippen molar-refractivity contribution in [2.24, 2.45) is 0 Å². The van der Waals surface area contributed by atoms with Crippen LogP contribution in [0, 0.1) is 0 Å². The summed E-state index contributed by atoms with van der Waals surface area (Å²) in [4.78, 5) is 15.2. The molecule has 0 spiro atoms. The Bertz CT molecular complexity index is 578. The Balaban J connectivity index is 2.20. The first-order chi connectivity index (χ1) is 9.54. The fourth-order valence-electron chi connectivity index (χ4n) is 1.86. The number of carbonyl (C=O) groups is 1. The number of rotatable bonds is 4. The van der Waals surface area contributed by atoms with E-state index < -0.39 is 0 Å². The van der Waals surface area contributed by atoms with Crippen molar-refractivity contribution in [1.29, 1.82) is 0 Å². The molecule has 1 aromatic carbocycles. The van der Waals surface area contributed by atoms with Crippen LogP contribution in [-0.2, 0) is 4.79 Å². The van der Waals surface area contributed by atoms with Gasteiger partial charge in [-0.3, -0.25) is 9.69 Å². The number of benzene rings is 1. The summed E-state index contributed by atoms with van der Waals surface area (Å²) in [6.45, 7) is 4.07. The molecule has 0 radical (unpaired) electrons. The first-order valence-electron chi connectivity index (χ1n) is 6.16. The Morgan fingerprint density at radius 3 is 2.40 bits per heavy atom. The van der Waals surface area contributed by atoms with Crippen LogP contribution in [0.4, 0.5) is 0 Å². The molecule has 1 aromatic rings. The van der Waals surface area contributed by atoms with Crippen molar-refractivity contribution in [3.05, 3.63) is 48.2 Å². The average molecular weight is 288 g/mol. The van der Waals surface area contributed by atoms with Crippen LogP contribution in [0.15, 0.2) is 42.6 Å². The van der Waals surface area contributed by atoms with E-state index in [-0.39, 0.29) is 5.91 Å². The summed E-state index contributed by atoms with van der Waals surface area (Å²) in [5.74, 6) is 0.676. The number of hydrogen-bond donors (Lipinski definition) is 0. The highest BCUT2D eigenvalue weighted by Gasteiger charge is 2.32. The minimum atomic E-state index is -0.0931. The average Bonchev–Trinajstić information content (AvgIpc) is 2.64. The first-order valence-corrected chi connectivity index (χ1v) is 6.56. The van der Waals surface area contributed by atoms with Crippen LogP contribution in [0.5, 0.6) is 5.75 Å². The van der Waals surface area contributed by atoms with Crippen LogP contribution < -0.4 is 4.74 Å². The van der Waals surface area contributed by atoms with Crippen LogP contribution in [0.25, 0.3) is 6.08 Å². The molecule has 1 aliphatic heterocycles. The highest BCUT2D eigenvalue weighted by Crippen LogP contribution is 2.21. The van der Waals surface area contributed by atoms with Gasteiger partial charge in [-0.25, -0.2) is 0 Å². The van der Waals surface area contributed by atoms with Crippen molar-refractivity contribution < 1.29 is 9.53 Å². The molecule has 5 heteroatoms. The van der Waals surface area contributed by atoms with Gasteiger partial charge in [-0.05, 0) is 36.0 Å². The molecule has 0 bridgehead atoms. The van der Waals surface area contributed by atoms with E-state index in [1.54, 1.807) is 25.1 Å². The molecule has 4 nitrogen and oxygen atoms in total. The molecule has 1 fully saturated rings. The van der Waals surface area contributed by atoms with Gasteiger partial charge in [0.2, 0.25) is 0 Å². The van der Waals surface area contributed by atoms with E-state index in [9.17, 15) is 4.79 Å². The number of thiocarbonyl (C=S) groups is 1. The van der Waals surface area contributed by atoms with Crippen LogP contribution in [0.3, 0.4) is 0 Å². The Kier molecular flexibility index (Phi) is 4.20. The van der Waals surface area contributed by atoms with Gasteiger partial charge in [0.25, 0.3) is 5.91 Å². The highest BCUT2D eigenvalue weighted by atomic mass is 32.1. The molecule has 0 aromatic heterocycles. The van der Waals surface area contributed by atoms with E-state index in [0.29, 0.717) is 17.4 Å². The molecule has 1 amide bonds. The first kappa shape index (κ1) is 14.3. The van der Waals surface area contributed by atoms with Crippen LogP contribution in [-0.4, -0.2) is 41.5 Å². The molecule has 1 aliphatic rings. The molecule has 0 N–H and O–H groups in total. The van der Waals surface area contributed by atoms with Gasteiger partial charge >= 0.3 is 0 Å². The van der Waals surface area contributed by atoms with E-state index in [1.807, 2.05) is 30.3 Å². The zero-order valence-corrected chi connectivity index (χ0v) is 12.3. The maximum atomic E-state index is 12.0. The lowest BCUT2D eigenvalue weighted by molar-refractivity contribution is -0.121. The number of hydrogen-bond acceptors (Lipinski definition) is 3. The summed E-state index contributed by atoms with van der Waals surface area (Å²) in [6, 6.07) is 7.51. The van der Waals surface area contributed by atoms with Gasteiger partial charge in [0.1, 0.15) is 18.1 Å². The number of ether oxygens (including phenoxy) is 1. The SMILES string of the molecule is C=CCOc1ccc(/C=C2/C(=O)N(C)C(=S)N2C)cc1. The van der Waals surface area contributed by atoms with E-state index >= 15 is 0 Å². The molecule has 0 unspecified atom stereocenters. The van der Waals surface area contributed by atoms with Crippen LogP contribution >= 0.6 is 12.2 Å². The second kappa shape index (κ2) is 5.88. The smallest absolute Gasteiger partial charge is 0.276 e. The highest BCUT2D eigenvalue weighted by molar-refractivity contribution is 7.80. The molecule has 2 rings (SSSR count). The number of amides is 1. The molecule has 0 atom stereocenters. The number of likely N-dealkylation sites (N-methyl/N-ethyl adjacent to an activating group) is 2. The maximum absolute atomic E-state index is 12.0. The Labute approximate surface area is 123 Å². The molecule has 0 aliphatic carbocycles. The van der Waals surface area contributed by atoms with Gasteiger partial charge in [0.15, 0.2) is 5.11 Å². The maximum Gasteiger partial charge on any atom is 0.276 e. The lowest BCUT2D eigenvalue weighted by Gasteiger charge is -2.11. The Hall–Kier alpha value is -2.14. The van der Waals surface area contributed by atoms with Gasteiger partial charge in [-0.1, -0.05) is 24.8 Å². The normalized spacial score (nSPS) is 17.0. The predicted molar refractivity (Wildman–Crippen MR) is 83.2 cm³/mol. The van der Waals surface area contributed by atoms with Gasteiger partial charge in [-0.15, -0.1) is 0 Å². The summed E-state index contributed by atoms with van der Waals surface area (Å²) in [5.41, 5.74) is 1.49. The summed E-state index contributed by atoms with van der Waals surface area (Å²) in [5, 5.41) is 0.507. The summed E-state index contributed by atoms with van der Waals surface area (Å²) in [6.07, 6.45) is 3.51. The fraction of sp³-hybridized carbons (Fsp3) is 0.200. The molecule has 20 heavy (non-hydrogen) atoms. The third-order valence-corrected chi connectivity index (χ3v) is 3.56. The lowest BCUT2D eigenvalue weighted by Crippen LogP contribution is -2.26. The molecular formula is C15H16N2O2S. The standard InChI is InChI=1S/C15H16N2O2S/c1-4-9-19-12-7-5-11(6-8-12)10-13-14(18)17(3)15(20)16(13)2/h4-8,10H,1,9H2,2-3H3/b13-10-. The van der Waals surface area contributed by atoms with Gasteiger partial charge < -0.3 is 9.64 Å². The minimum absolute atomic E-state index is 0.0931. The monoisotopic (exact) mass is 288 g/mol. The van der Waals surface area contributed by atoms with Crippen molar-refractivity contribution in [1.82, 2.24) is 9.80 Å². The van der Waals surface area contributed by atoms with Crippen molar-refractivity contribution >= 4 is 29.3 Å². The largest absolute Gasteiger partial charge is 0.490 e. The van der Waals surface area contributed by atoms with Gasteiger partial charge in [0, 0.05) is 14.1 Å². The molecular weight excluding hydrogens is 272 g/mol. The Morgan fingerprint density at radius 2 is 1.90 bits per heavy atom. The van der Waals surface area contributed by atoms with E-state index in [1.165, 1.54) is 4.90 Å². The zero-order chi connectivity index (χ0) is 14.7. The van der Waals surface area contributed by atoms with E-state index in [4.69, 9.17) is 17.0 Å².